The van der Waals surface area contributed by atoms with Crippen LogP contribution in [0.15, 0.2) is 35.7 Å². The molecule has 0 radical (unpaired) electrons. The van der Waals surface area contributed by atoms with E-state index >= 15 is 0 Å². The fourth-order valence-corrected chi connectivity index (χ4v) is 2.28. The largest absolute Gasteiger partial charge is 0.497 e. The lowest BCUT2D eigenvalue weighted by atomic mass is 10.3. The Hall–Kier alpha value is -2.54. The average molecular weight is 307 g/mol. The molecule has 0 unspecified atom stereocenters. The Morgan fingerprint density at radius 3 is 2.86 bits per heavy atom. The van der Waals surface area contributed by atoms with Crippen molar-refractivity contribution < 1.29 is 24.2 Å². The Kier molecular flexibility index (Phi) is 4.78. The first-order chi connectivity index (χ1) is 10.1. The number of benzene rings is 1. The van der Waals surface area contributed by atoms with Gasteiger partial charge in [-0.3, -0.25) is 4.79 Å². The maximum atomic E-state index is 11.8. The standard InChI is InChI=1S/C14H13NO5S/c1-19-10-4-2-3-9(7-10)15-12(16)8-20-11-5-6-21-13(11)14(17)18/h2-7H,8H2,1H3,(H,15,16)(H,17,18). The number of carbonyl (C=O) groups excluding carboxylic acids is 1. The van der Waals surface area contributed by atoms with Gasteiger partial charge in [-0.25, -0.2) is 4.79 Å². The minimum atomic E-state index is -1.08. The molecule has 6 nitrogen and oxygen atoms in total. The van der Waals surface area contributed by atoms with Crippen LogP contribution < -0.4 is 14.8 Å². The molecular weight excluding hydrogens is 294 g/mol. The van der Waals surface area contributed by atoms with Crippen LogP contribution in [0.2, 0.25) is 0 Å². The highest BCUT2D eigenvalue weighted by atomic mass is 32.1. The topological polar surface area (TPSA) is 84.9 Å². The molecule has 0 aliphatic heterocycles. The highest BCUT2D eigenvalue weighted by Gasteiger charge is 2.14. The molecular formula is C14H13NO5S. The van der Waals surface area contributed by atoms with Gasteiger partial charge in [-0.2, -0.15) is 0 Å². The summed E-state index contributed by atoms with van der Waals surface area (Å²) in [7, 11) is 1.54. The number of thiophene rings is 1. The van der Waals surface area contributed by atoms with Crippen molar-refractivity contribution in [3.8, 4) is 11.5 Å². The number of aromatic carboxylic acids is 1. The lowest BCUT2D eigenvalue weighted by molar-refractivity contribution is -0.118. The van der Waals surface area contributed by atoms with Gasteiger partial charge >= 0.3 is 5.97 Å². The highest BCUT2D eigenvalue weighted by molar-refractivity contribution is 7.12. The van der Waals surface area contributed by atoms with E-state index < -0.39 is 5.97 Å². The normalized spacial score (nSPS) is 9.95. The van der Waals surface area contributed by atoms with Crippen molar-refractivity contribution in [2.75, 3.05) is 19.0 Å². The number of carbonyl (C=O) groups is 2. The van der Waals surface area contributed by atoms with Crippen molar-refractivity contribution in [2.24, 2.45) is 0 Å². The van der Waals surface area contributed by atoms with E-state index in [-0.39, 0.29) is 23.1 Å². The number of anilines is 1. The molecule has 0 aliphatic carbocycles. The van der Waals surface area contributed by atoms with E-state index in [1.54, 1.807) is 29.6 Å². The molecule has 0 spiro atoms. The first-order valence-corrected chi connectivity index (χ1v) is 6.85. The predicted octanol–water partition coefficient (Wildman–Crippen LogP) is 2.47. The zero-order chi connectivity index (χ0) is 15.2. The second kappa shape index (κ2) is 6.76. The summed E-state index contributed by atoms with van der Waals surface area (Å²) in [6.45, 7) is -0.270. The minimum absolute atomic E-state index is 0.0733. The molecule has 7 heteroatoms. The molecule has 0 atom stereocenters. The molecule has 1 aromatic carbocycles. The first kappa shape index (κ1) is 14.9. The summed E-state index contributed by atoms with van der Waals surface area (Å²) in [4.78, 5) is 22.7. The minimum Gasteiger partial charge on any atom is -0.497 e. The molecule has 1 aromatic heterocycles. The number of nitrogens with one attached hydrogen (secondary N) is 1. The number of hydrogen-bond acceptors (Lipinski definition) is 5. The van der Waals surface area contributed by atoms with Crippen LogP contribution in [0.5, 0.6) is 11.5 Å². The van der Waals surface area contributed by atoms with Gasteiger partial charge in [0.25, 0.3) is 5.91 Å². The fraction of sp³-hybridized carbons (Fsp3) is 0.143. The van der Waals surface area contributed by atoms with Crippen LogP contribution in [0.4, 0.5) is 5.69 Å². The summed E-state index contributed by atoms with van der Waals surface area (Å²) in [5.41, 5.74) is 0.576. The zero-order valence-corrected chi connectivity index (χ0v) is 12.0. The van der Waals surface area contributed by atoms with Gasteiger partial charge in [-0.05, 0) is 23.6 Å². The lowest BCUT2D eigenvalue weighted by Crippen LogP contribution is -2.20. The monoisotopic (exact) mass is 307 g/mol. The van der Waals surface area contributed by atoms with Crippen molar-refractivity contribution in [3.05, 3.63) is 40.6 Å². The molecule has 0 saturated carbocycles. The Morgan fingerprint density at radius 2 is 2.14 bits per heavy atom. The summed E-state index contributed by atoms with van der Waals surface area (Å²) >= 11 is 1.05. The van der Waals surface area contributed by atoms with Gasteiger partial charge < -0.3 is 19.9 Å². The highest BCUT2D eigenvalue weighted by Crippen LogP contribution is 2.24. The zero-order valence-electron chi connectivity index (χ0n) is 11.2. The molecule has 2 rings (SSSR count). The van der Waals surface area contributed by atoms with Crippen LogP contribution in [0.3, 0.4) is 0 Å². The van der Waals surface area contributed by atoms with Crippen LogP contribution in [-0.2, 0) is 4.79 Å². The van der Waals surface area contributed by atoms with Crippen LogP contribution in [0, 0.1) is 0 Å². The van der Waals surface area contributed by atoms with E-state index in [4.69, 9.17) is 14.6 Å². The molecule has 0 bridgehead atoms. The van der Waals surface area contributed by atoms with E-state index in [9.17, 15) is 9.59 Å². The van der Waals surface area contributed by atoms with Gasteiger partial charge in [0.05, 0.1) is 7.11 Å². The average Bonchev–Trinajstić information content (AvgIpc) is 2.94. The van der Waals surface area contributed by atoms with Crippen LogP contribution in [-0.4, -0.2) is 30.7 Å². The molecule has 2 N–H and O–H groups in total. The number of ether oxygens (including phenoxy) is 2. The second-order valence-corrected chi connectivity index (χ2v) is 4.90. The molecule has 2 aromatic rings. The van der Waals surface area contributed by atoms with E-state index in [1.807, 2.05) is 0 Å². The fourth-order valence-electron chi connectivity index (χ4n) is 1.61. The maximum Gasteiger partial charge on any atom is 0.349 e. The summed E-state index contributed by atoms with van der Waals surface area (Å²) in [5.74, 6) is -0.646. The summed E-state index contributed by atoms with van der Waals surface area (Å²) < 4.78 is 10.3. The quantitative estimate of drug-likeness (QED) is 0.856. The third-order valence-corrected chi connectivity index (χ3v) is 3.42. The molecule has 0 fully saturated rings. The Labute approximate surface area is 124 Å². The first-order valence-electron chi connectivity index (χ1n) is 5.97. The van der Waals surface area contributed by atoms with Gasteiger partial charge in [0.15, 0.2) is 11.5 Å². The SMILES string of the molecule is COc1cccc(NC(=O)COc2ccsc2C(=O)O)c1. The van der Waals surface area contributed by atoms with Crippen molar-refractivity contribution in [1.82, 2.24) is 0 Å². The molecule has 0 saturated heterocycles. The Morgan fingerprint density at radius 1 is 1.33 bits per heavy atom. The maximum absolute atomic E-state index is 11.8. The molecule has 1 amide bonds. The van der Waals surface area contributed by atoms with Crippen molar-refractivity contribution >= 4 is 28.9 Å². The van der Waals surface area contributed by atoms with Gasteiger partial charge in [-0.1, -0.05) is 6.07 Å². The molecule has 21 heavy (non-hydrogen) atoms. The van der Waals surface area contributed by atoms with Crippen molar-refractivity contribution in [2.45, 2.75) is 0 Å². The van der Waals surface area contributed by atoms with Crippen molar-refractivity contribution in [3.63, 3.8) is 0 Å². The molecule has 1 heterocycles. The summed E-state index contributed by atoms with van der Waals surface area (Å²) in [5, 5.41) is 13.2. The number of carboxylic acid groups (broad SMARTS) is 1. The van der Waals surface area contributed by atoms with Crippen LogP contribution >= 0.6 is 11.3 Å². The Bertz CT molecular complexity index is 652. The van der Waals surface area contributed by atoms with Gasteiger partial charge in [0, 0.05) is 11.8 Å². The number of amides is 1. The Balaban J connectivity index is 1.92. The lowest BCUT2D eigenvalue weighted by Gasteiger charge is -2.08. The second-order valence-electron chi connectivity index (χ2n) is 3.99. The van der Waals surface area contributed by atoms with E-state index in [0.29, 0.717) is 11.4 Å². The predicted molar refractivity (Wildman–Crippen MR) is 78.4 cm³/mol. The number of hydrogen-bond donors (Lipinski definition) is 2. The van der Waals surface area contributed by atoms with Crippen LogP contribution in [0.25, 0.3) is 0 Å². The summed E-state index contributed by atoms with van der Waals surface area (Å²) in [6, 6.07) is 8.42. The van der Waals surface area contributed by atoms with Crippen LogP contribution in [0.1, 0.15) is 9.67 Å². The smallest absolute Gasteiger partial charge is 0.349 e. The summed E-state index contributed by atoms with van der Waals surface area (Å²) in [6.07, 6.45) is 0. The van der Waals surface area contributed by atoms with E-state index in [2.05, 4.69) is 5.32 Å². The van der Waals surface area contributed by atoms with Gasteiger partial charge in [0.2, 0.25) is 0 Å². The van der Waals surface area contributed by atoms with Gasteiger partial charge in [-0.15, -0.1) is 11.3 Å². The van der Waals surface area contributed by atoms with Crippen molar-refractivity contribution in [1.29, 1.82) is 0 Å². The van der Waals surface area contributed by atoms with E-state index in [1.165, 1.54) is 13.2 Å². The molecule has 0 aliphatic rings. The molecule has 110 valence electrons. The van der Waals surface area contributed by atoms with Gasteiger partial charge in [0.1, 0.15) is 11.5 Å². The third kappa shape index (κ3) is 3.96. The number of carboxylic acids is 1. The van der Waals surface area contributed by atoms with E-state index in [0.717, 1.165) is 11.3 Å². The number of rotatable bonds is 6. The third-order valence-electron chi connectivity index (χ3n) is 2.54. The number of methoxy groups -OCH3 is 1.